The van der Waals surface area contributed by atoms with Crippen LogP contribution in [0, 0.1) is 0 Å². The molecule has 0 aromatic carbocycles. The van der Waals surface area contributed by atoms with E-state index >= 15 is 0 Å². The lowest BCUT2D eigenvalue weighted by Crippen LogP contribution is -2.38. The van der Waals surface area contributed by atoms with Gasteiger partial charge in [0.1, 0.15) is 5.82 Å². The summed E-state index contributed by atoms with van der Waals surface area (Å²) in [5.74, 6) is 1.07. The van der Waals surface area contributed by atoms with Crippen molar-refractivity contribution in [3.05, 3.63) is 23.4 Å². The first-order chi connectivity index (χ1) is 12.7. The number of pyridine rings is 1. The molecule has 0 radical (unpaired) electrons. The second kappa shape index (κ2) is 10.2. The Morgan fingerprint density at radius 3 is 2.88 bits per heavy atom. The molecule has 146 valence electrons. The van der Waals surface area contributed by atoms with E-state index < -0.39 is 6.43 Å². The van der Waals surface area contributed by atoms with Gasteiger partial charge in [0.2, 0.25) is 6.43 Å². The van der Waals surface area contributed by atoms with Crippen LogP contribution in [-0.2, 0) is 12.8 Å². The van der Waals surface area contributed by atoms with Crippen molar-refractivity contribution in [1.82, 2.24) is 15.2 Å². The topological polar surface area (TPSA) is 40.2 Å². The first-order valence-corrected chi connectivity index (χ1v) is 10.2. The van der Waals surface area contributed by atoms with E-state index in [4.69, 9.17) is 4.98 Å². The standard InChI is InChI=1S/C20H32F2N4/c21-19(22)10-14-26(18-9-12-23-15-18)13-3-1-2-6-17-8-7-16-5-4-11-24-20(16)25-17/h7-8,18-19,23H,1-6,9-15H2,(H,24,25)/t18-/m0/s1. The zero-order valence-corrected chi connectivity index (χ0v) is 15.7. The Balaban J connectivity index is 1.37. The van der Waals surface area contributed by atoms with E-state index in [-0.39, 0.29) is 6.42 Å². The van der Waals surface area contributed by atoms with Gasteiger partial charge in [-0.2, -0.15) is 0 Å². The van der Waals surface area contributed by atoms with Gasteiger partial charge in [-0.05, 0) is 63.2 Å². The zero-order chi connectivity index (χ0) is 18.2. The molecule has 0 unspecified atom stereocenters. The lowest BCUT2D eigenvalue weighted by atomic mass is 10.1. The van der Waals surface area contributed by atoms with Gasteiger partial charge in [0.25, 0.3) is 0 Å². The van der Waals surface area contributed by atoms with Crippen LogP contribution in [-0.4, -0.2) is 55.1 Å². The molecule has 0 bridgehead atoms. The van der Waals surface area contributed by atoms with Crippen LogP contribution in [0.2, 0.25) is 0 Å². The third-order valence-electron chi connectivity index (χ3n) is 5.52. The molecule has 26 heavy (non-hydrogen) atoms. The first-order valence-electron chi connectivity index (χ1n) is 10.2. The minimum absolute atomic E-state index is 0.0114. The number of aryl methyl sites for hydroxylation is 2. The summed E-state index contributed by atoms with van der Waals surface area (Å²) in [6, 6.07) is 4.80. The molecule has 0 saturated carbocycles. The number of halogens is 2. The van der Waals surface area contributed by atoms with Gasteiger partial charge in [0, 0.05) is 37.8 Å². The maximum absolute atomic E-state index is 12.6. The molecule has 0 aliphatic carbocycles. The number of anilines is 1. The molecule has 2 aliphatic rings. The zero-order valence-electron chi connectivity index (χ0n) is 15.7. The average Bonchev–Trinajstić information content (AvgIpc) is 3.18. The number of hydrogen-bond donors (Lipinski definition) is 2. The van der Waals surface area contributed by atoms with Crippen molar-refractivity contribution in [3.8, 4) is 0 Å². The Morgan fingerprint density at radius 1 is 1.15 bits per heavy atom. The highest BCUT2D eigenvalue weighted by molar-refractivity contribution is 5.46. The van der Waals surface area contributed by atoms with Crippen molar-refractivity contribution in [2.45, 2.75) is 63.8 Å². The fourth-order valence-electron chi connectivity index (χ4n) is 4.00. The van der Waals surface area contributed by atoms with Crippen LogP contribution < -0.4 is 10.6 Å². The summed E-state index contributed by atoms with van der Waals surface area (Å²) in [5.41, 5.74) is 2.49. The first kappa shape index (κ1) is 19.5. The number of rotatable bonds is 10. The van der Waals surface area contributed by atoms with E-state index in [1.807, 2.05) is 0 Å². The number of hydrogen-bond acceptors (Lipinski definition) is 4. The molecule has 3 rings (SSSR count). The lowest BCUT2D eigenvalue weighted by Gasteiger charge is -2.28. The van der Waals surface area contributed by atoms with Gasteiger partial charge in [-0.3, -0.25) is 4.90 Å². The van der Waals surface area contributed by atoms with Crippen molar-refractivity contribution < 1.29 is 8.78 Å². The van der Waals surface area contributed by atoms with Crippen LogP contribution in [0.5, 0.6) is 0 Å². The van der Waals surface area contributed by atoms with E-state index in [9.17, 15) is 8.78 Å². The minimum Gasteiger partial charge on any atom is -0.370 e. The fraction of sp³-hybridized carbons (Fsp3) is 0.750. The maximum Gasteiger partial charge on any atom is 0.239 e. The number of nitrogens with one attached hydrogen (secondary N) is 2. The molecule has 1 atom stereocenters. The summed E-state index contributed by atoms with van der Waals surface area (Å²) in [4.78, 5) is 7.02. The Morgan fingerprint density at radius 2 is 2.08 bits per heavy atom. The van der Waals surface area contributed by atoms with Gasteiger partial charge < -0.3 is 10.6 Å². The molecule has 2 aliphatic heterocycles. The average molecular weight is 367 g/mol. The van der Waals surface area contributed by atoms with Gasteiger partial charge in [-0.15, -0.1) is 0 Å². The number of aromatic nitrogens is 1. The van der Waals surface area contributed by atoms with Crippen molar-refractivity contribution in [1.29, 1.82) is 0 Å². The number of nitrogens with zero attached hydrogens (tertiary/aromatic N) is 2. The second-order valence-electron chi connectivity index (χ2n) is 7.51. The number of fused-ring (bicyclic) bond motifs is 1. The maximum atomic E-state index is 12.6. The van der Waals surface area contributed by atoms with E-state index in [1.54, 1.807) is 0 Å². The molecule has 1 saturated heterocycles. The number of alkyl halides is 2. The summed E-state index contributed by atoms with van der Waals surface area (Å²) < 4.78 is 25.2. The Kier molecular flexibility index (Phi) is 7.62. The van der Waals surface area contributed by atoms with Crippen molar-refractivity contribution in [2.24, 2.45) is 0 Å². The predicted octanol–water partition coefficient (Wildman–Crippen LogP) is 3.47. The van der Waals surface area contributed by atoms with Gasteiger partial charge in [-0.1, -0.05) is 12.5 Å². The summed E-state index contributed by atoms with van der Waals surface area (Å²) >= 11 is 0. The van der Waals surface area contributed by atoms with E-state index in [1.165, 1.54) is 12.0 Å². The Hall–Kier alpha value is -1.27. The van der Waals surface area contributed by atoms with Crippen LogP contribution in [0.25, 0.3) is 0 Å². The van der Waals surface area contributed by atoms with Crippen molar-refractivity contribution in [3.63, 3.8) is 0 Å². The highest BCUT2D eigenvalue weighted by Crippen LogP contribution is 2.20. The van der Waals surface area contributed by atoms with Gasteiger partial charge in [-0.25, -0.2) is 13.8 Å². The minimum atomic E-state index is -2.20. The largest absolute Gasteiger partial charge is 0.370 e. The van der Waals surface area contributed by atoms with Gasteiger partial charge >= 0.3 is 0 Å². The molecule has 2 N–H and O–H groups in total. The molecular formula is C20H32F2N4. The fourth-order valence-corrected chi connectivity index (χ4v) is 4.00. The van der Waals surface area contributed by atoms with Crippen molar-refractivity contribution in [2.75, 3.05) is 38.0 Å². The Bertz CT molecular complexity index is 547. The van der Waals surface area contributed by atoms with E-state index in [0.717, 1.165) is 76.2 Å². The normalized spacial score (nSPS) is 19.8. The van der Waals surface area contributed by atoms with Crippen molar-refractivity contribution >= 4 is 5.82 Å². The highest BCUT2D eigenvalue weighted by Gasteiger charge is 2.22. The molecule has 0 amide bonds. The second-order valence-corrected chi connectivity index (χ2v) is 7.51. The summed E-state index contributed by atoms with van der Waals surface area (Å²) in [6.45, 7) is 4.41. The monoisotopic (exact) mass is 366 g/mol. The van der Waals surface area contributed by atoms with E-state index in [0.29, 0.717) is 12.6 Å². The number of unbranched alkanes of at least 4 members (excludes halogenated alkanes) is 2. The molecule has 1 fully saturated rings. The highest BCUT2D eigenvalue weighted by atomic mass is 19.3. The van der Waals surface area contributed by atoms with E-state index in [2.05, 4.69) is 27.7 Å². The van der Waals surface area contributed by atoms with Gasteiger partial charge in [0.15, 0.2) is 0 Å². The molecular weight excluding hydrogens is 334 g/mol. The van der Waals surface area contributed by atoms with Crippen LogP contribution >= 0.6 is 0 Å². The lowest BCUT2D eigenvalue weighted by molar-refractivity contribution is 0.103. The smallest absolute Gasteiger partial charge is 0.239 e. The predicted molar refractivity (Wildman–Crippen MR) is 102 cm³/mol. The summed E-state index contributed by atoms with van der Waals surface area (Å²) in [5, 5.41) is 6.73. The summed E-state index contributed by atoms with van der Waals surface area (Å²) in [6.07, 6.45) is 5.48. The van der Waals surface area contributed by atoms with Crippen LogP contribution in [0.3, 0.4) is 0 Å². The Labute approximate surface area is 155 Å². The summed E-state index contributed by atoms with van der Waals surface area (Å²) in [7, 11) is 0. The van der Waals surface area contributed by atoms with Gasteiger partial charge in [0.05, 0.1) is 0 Å². The third-order valence-corrected chi connectivity index (χ3v) is 5.52. The van der Waals surface area contributed by atoms with Crippen LogP contribution in [0.4, 0.5) is 14.6 Å². The third kappa shape index (κ3) is 5.88. The molecule has 3 heterocycles. The molecule has 6 heteroatoms. The molecule has 1 aromatic heterocycles. The van der Waals surface area contributed by atoms with Crippen LogP contribution in [0.1, 0.15) is 49.8 Å². The quantitative estimate of drug-likeness (QED) is 0.622. The molecule has 1 aromatic rings. The van der Waals surface area contributed by atoms with Crippen LogP contribution in [0.15, 0.2) is 12.1 Å². The molecule has 4 nitrogen and oxygen atoms in total. The SMILES string of the molecule is FC(F)CCN(CCCCCc1ccc2c(n1)NCCC2)[C@H]1CCNC1. The molecule has 0 spiro atoms.